The monoisotopic (exact) mass is 220 g/mol. The van der Waals surface area contributed by atoms with E-state index in [9.17, 15) is 0 Å². The normalized spacial score (nSPS) is 9.18. The highest BCUT2D eigenvalue weighted by Gasteiger charge is 1.84. The minimum atomic E-state index is 1.23. The van der Waals surface area contributed by atoms with Crippen LogP contribution in [0.1, 0.15) is 18.1 Å². The van der Waals surface area contributed by atoms with Crippen molar-refractivity contribution in [3.63, 3.8) is 0 Å². The predicted octanol–water partition coefficient (Wildman–Crippen LogP) is 4.50. The largest absolute Gasteiger partial charge is 0.120 e. The summed E-state index contributed by atoms with van der Waals surface area (Å²) < 4.78 is 0. The minimum absolute atomic E-state index is 1.23. The van der Waals surface area contributed by atoms with Crippen molar-refractivity contribution in [2.75, 3.05) is 0 Å². The van der Waals surface area contributed by atoms with Gasteiger partial charge in [-0.2, -0.15) is 0 Å². The molecule has 0 nitrogen and oxygen atoms in total. The highest BCUT2D eigenvalue weighted by molar-refractivity contribution is 5.69. The van der Waals surface area contributed by atoms with Gasteiger partial charge >= 0.3 is 0 Å². The Balaban J connectivity index is 0.000000437. The Hall–Kier alpha value is -2.26. The van der Waals surface area contributed by atoms with Crippen molar-refractivity contribution in [2.45, 2.75) is 6.92 Å². The third-order valence-electron chi connectivity index (χ3n) is 2.07. The molecule has 0 aliphatic carbocycles. The van der Waals surface area contributed by atoms with Gasteiger partial charge in [-0.25, -0.2) is 0 Å². The standard InChI is InChI=1S/C14H12.C3H4/c1-3-7-13(8-4-1)11-12-14-9-5-2-6-10-14;1-3-2/h1-12H;1H,2H3. The average molecular weight is 220 g/mol. The first-order chi connectivity index (χ1) is 8.36. The molecule has 0 aromatic heterocycles. The van der Waals surface area contributed by atoms with Gasteiger partial charge in [0.2, 0.25) is 0 Å². The van der Waals surface area contributed by atoms with E-state index in [0.717, 1.165) is 0 Å². The molecule has 0 heterocycles. The van der Waals surface area contributed by atoms with Gasteiger partial charge in [0.1, 0.15) is 0 Å². The van der Waals surface area contributed by atoms with Crippen LogP contribution in [-0.4, -0.2) is 0 Å². The molecule has 2 rings (SSSR count). The van der Waals surface area contributed by atoms with Gasteiger partial charge in [0.15, 0.2) is 0 Å². The Labute approximate surface area is 104 Å². The lowest BCUT2D eigenvalue weighted by atomic mass is 10.1. The molecule has 0 atom stereocenters. The molecule has 84 valence electrons. The first-order valence-corrected chi connectivity index (χ1v) is 5.52. The van der Waals surface area contributed by atoms with Crippen LogP contribution in [0.4, 0.5) is 0 Å². The topological polar surface area (TPSA) is 0 Å². The van der Waals surface area contributed by atoms with E-state index < -0.39 is 0 Å². The van der Waals surface area contributed by atoms with Crippen LogP contribution in [0.3, 0.4) is 0 Å². The van der Waals surface area contributed by atoms with Crippen molar-refractivity contribution in [3.05, 3.63) is 71.8 Å². The first kappa shape index (κ1) is 12.8. The van der Waals surface area contributed by atoms with Crippen LogP contribution in [0.15, 0.2) is 60.7 Å². The van der Waals surface area contributed by atoms with Crippen LogP contribution in [0, 0.1) is 12.3 Å². The molecule has 0 saturated carbocycles. The second-order valence-electron chi connectivity index (χ2n) is 3.44. The molecular formula is C17H16. The molecule has 0 spiro atoms. The summed E-state index contributed by atoms with van der Waals surface area (Å²) in [5, 5.41) is 0. The van der Waals surface area contributed by atoms with Gasteiger partial charge in [-0.1, -0.05) is 72.8 Å². The molecule has 0 saturated heterocycles. The van der Waals surface area contributed by atoms with Crippen LogP contribution in [0.25, 0.3) is 12.2 Å². The summed E-state index contributed by atoms with van der Waals surface area (Å²) in [6.07, 6.45) is 8.84. The number of hydrogen-bond acceptors (Lipinski definition) is 0. The second-order valence-corrected chi connectivity index (χ2v) is 3.44. The number of rotatable bonds is 2. The summed E-state index contributed by atoms with van der Waals surface area (Å²) in [5.41, 5.74) is 2.47. The maximum Gasteiger partial charge on any atom is -0.00297 e. The molecule has 0 amide bonds. The van der Waals surface area contributed by atoms with Gasteiger partial charge in [0, 0.05) is 0 Å². The highest BCUT2D eigenvalue weighted by atomic mass is 13.9. The molecule has 0 unspecified atom stereocenters. The highest BCUT2D eigenvalue weighted by Crippen LogP contribution is 2.06. The third kappa shape index (κ3) is 5.39. The Bertz CT molecular complexity index is 431. The molecule has 0 heteroatoms. The van der Waals surface area contributed by atoms with Crippen LogP contribution in [-0.2, 0) is 0 Å². The zero-order valence-electron chi connectivity index (χ0n) is 10.0. The summed E-state index contributed by atoms with van der Waals surface area (Å²) >= 11 is 0. The number of terminal acetylenes is 1. The lowest BCUT2D eigenvalue weighted by Crippen LogP contribution is -1.70. The van der Waals surface area contributed by atoms with Crippen molar-refractivity contribution in [2.24, 2.45) is 0 Å². The lowest BCUT2D eigenvalue weighted by molar-refractivity contribution is 1.65. The van der Waals surface area contributed by atoms with Crippen LogP contribution >= 0.6 is 0 Å². The molecule has 2 aromatic carbocycles. The number of hydrogen-bond donors (Lipinski definition) is 0. The summed E-state index contributed by atoms with van der Waals surface area (Å²) in [4.78, 5) is 0. The number of benzene rings is 2. The van der Waals surface area contributed by atoms with Crippen molar-refractivity contribution < 1.29 is 0 Å². The molecule has 17 heavy (non-hydrogen) atoms. The van der Waals surface area contributed by atoms with E-state index in [0.29, 0.717) is 0 Å². The molecule has 0 aliphatic heterocycles. The summed E-state index contributed by atoms with van der Waals surface area (Å²) in [5.74, 6) is 2.25. The lowest BCUT2D eigenvalue weighted by Gasteiger charge is -1.92. The van der Waals surface area contributed by atoms with Crippen LogP contribution in [0.2, 0.25) is 0 Å². The van der Waals surface area contributed by atoms with Crippen molar-refractivity contribution >= 4 is 12.2 Å². The van der Waals surface area contributed by atoms with E-state index in [1.807, 2.05) is 36.4 Å². The minimum Gasteiger partial charge on any atom is -0.120 e. The molecular weight excluding hydrogens is 204 g/mol. The van der Waals surface area contributed by atoms with Crippen LogP contribution < -0.4 is 0 Å². The Morgan fingerprint density at radius 1 is 0.765 bits per heavy atom. The molecule has 0 bridgehead atoms. The Morgan fingerprint density at radius 2 is 1.06 bits per heavy atom. The van der Waals surface area contributed by atoms with E-state index in [1.165, 1.54) is 11.1 Å². The van der Waals surface area contributed by atoms with Gasteiger partial charge in [-0.3, -0.25) is 0 Å². The fraction of sp³-hybridized carbons (Fsp3) is 0.0588. The summed E-state index contributed by atoms with van der Waals surface area (Å²) in [7, 11) is 0. The average Bonchev–Trinajstić information content (AvgIpc) is 2.40. The quantitative estimate of drug-likeness (QED) is 0.516. The van der Waals surface area contributed by atoms with Crippen LogP contribution in [0.5, 0.6) is 0 Å². The van der Waals surface area contributed by atoms with E-state index in [-0.39, 0.29) is 0 Å². The van der Waals surface area contributed by atoms with Crippen molar-refractivity contribution in [1.29, 1.82) is 0 Å². The van der Waals surface area contributed by atoms with E-state index in [1.54, 1.807) is 6.92 Å². The van der Waals surface area contributed by atoms with E-state index in [2.05, 4.69) is 48.8 Å². The fourth-order valence-corrected chi connectivity index (χ4v) is 1.32. The third-order valence-corrected chi connectivity index (χ3v) is 2.07. The fourth-order valence-electron chi connectivity index (χ4n) is 1.32. The van der Waals surface area contributed by atoms with E-state index in [4.69, 9.17) is 0 Å². The molecule has 0 fully saturated rings. The van der Waals surface area contributed by atoms with Gasteiger partial charge in [-0.05, 0) is 18.1 Å². The molecule has 0 N–H and O–H groups in total. The maximum absolute atomic E-state index is 4.60. The molecule has 0 radical (unpaired) electrons. The smallest absolute Gasteiger partial charge is 0.00297 e. The van der Waals surface area contributed by atoms with Gasteiger partial charge in [-0.15, -0.1) is 12.3 Å². The molecule has 2 aromatic rings. The van der Waals surface area contributed by atoms with Gasteiger partial charge in [0.05, 0.1) is 0 Å². The Morgan fingerprint density at radius 3 is 1.35 bits per heavy atom. The predicted molar refractivity (Wildman–Crippen MR) is 76.3 cm³/mol. The van der Waals surface area contributed by atoms with Gasteiger partial charge in [0.25, 0.3) is 0 Å². The molecule has 0 aliphatic rings. The second kappa shape index (κ2) is 7.96. The summed E-state index contributed by atoms with van der Waals surface area (Å²) in [6, 6.07) is 20.6. The first-order valence-electron chi connectivity index (χ1n) is 5.52. The Kier molecular flexibility index (Phi) is 6.00. The summed E-state index contributed by atoms with van der Waals surface area (Å²) in [6.45, 7) is 1.65. The van der Waals surface area contributed by atoms with Gasteiger partial charge < -0.3 is 0 Å². The zero-order valence-corrected chi connectivity index (χ0v) is 10.0. The van der Waals surface area contributed by atoms with Crippen molar-refractivity contribution in [3.8, 4) is 12.3 Å². The SMILES string of the molecule is C#CC.C(=Cc1ccccc1)c1ccccc1. The maximum atomic E-state index is 4.60. The zero-order chi connectivity index (χ0) is 12.3. The van der Waals surface area contributed by atoms with E-state index >= 15 is 0 Å². The van der Waals surface area contributed by atoms with Crippen molar-refractivity contribution in [1.82, 2.24) is 0 Å².